The van der Waals surface area contributed by atoms with E-state index >= 15 is 0 Å². The molecule has 0 radical (unpaired) electrons. The number of aryl methyl sites for hydroxylation is 1. The van der Waals surface area contributed by atoms with E-state index in [2.05, 4.69) is 29.0 Å². The van der Waals surface area contributed by atoms with Crippen molar-refractivity contribution in [3.8, 4) is 0 Å². The van der Waals surface area contributed by atoms with Gasteiger partial charge in [-0.1, -0.05) is 24.3 Å². The Morgan fingerprint density at radius 3 is 2.69 bits per heavy atom. The molecule has 0 unspecified atom stereocenters. The summed E-state index contributed by atoms with van der Waals surface area (Å²) in [7, 11) is 2.02. The van der Waals surface area contributed by atoms with Gasteiger partial charge in [0, 0.05) is 29.7 Å². The Balaban J connectivity index is 1.89. The van der Waals surface area contributed by atoms with Gasteiger partial charge in [0.2, 0.25) is 0 Å². The number of carbonyl (C=O) groups excluding carboxylic acids is 1. The van der Waals surface area contributed by atoms with Crippen molar-refractivity contribution in [2.75, 3.05) is 6.61 Å². The van der Waals surface area contributed by atoms with Gasteiger partial charge in [-0.15, -0.1) is 0 Å². The number of para-hydroxylation sites is 1. The molecule has 0 saturated carbocycles. The fourth-order valence-corrected chi connectivity index (χ4v) is 4.02. The number of esters is 1. The van der Waals surface area contributed by atoms with Gasteiger partial charge in [-0.2, -0.15) is 0 Å². The molecule has 0 bridgehead atoms. The number of nitrogens with zero attached hydrogens (tertiary/aromatic N) is 1. The molecule has 0 aliphatic heterocycles. The molecule has 29 heavy (non-hydrogen) atoms. The highest BCUT2D eigenvalue weighted by Crippen LogP contribution is 2.46. The maximum absolute atomic E-state index is 14.1. The third-order valence-electron chi connectivity index (χ3n) is 5.58. The Bertz CT molecular complexity index is 1180. The van der Waals surface area contributed by atoms with Gasteiger partial charge in [0.25, 0.3) is 0 Å². The SMILES string of the molecule is CCOC(=O)C(C)(C)C1=C/C(=C\c2cn(C)c3ccccc23)c2ccc(F)cc21. The minimum absolute atomic E-state index is 0.310. The molecule has 2 aromatic carbocycles. The van der Waals surface area contributed by atoms with Crippen LogP contribution < -0.4 is 0 Å². The van der Waals surface area contributed by atoms with Gasteiger partial charge in [-0.05, 0) is 73.4 Å². The molecule has 1 aliphatic rings. The number of allylic oxidation sites excluding steroid dienone is 2. The number of hydrogen-bond acceptors (Lipinski definition) is 2. The molecule has 0 atom stereocenters. The lowest BCUT2D eigenvalue weighted by Crippen LogP contribution is -2.27. The standard InChI is InChI=1S/C25H24FNO2/c1-5-29-24(28)25(2,3)22-13-16(19-11-10-18(26)14-21(19)22)12-17-15-27(4)23-9-7-6-8-20(17)23/h6-15H,5H2,1-4H3/b16-12+. The average molecular weight is 389 g/mol. The highest BCUT2D eigenvalue weighted by atomic mass is 19.1. The van der Waals surface area contributed by atoms with Crippen LogP contribution in [0.1, 0.15) is 37.5 Å². The van der Waals surface area contributed by atoms with Crippen LogP contribution in [0.3, 0.4) is 0 Å². The molecule has 0 N–H and O–H groups in total. The second-order valence-corrected chi connectivity index (χ2v) is 7.91. The second-order valence-electron chi connectivity index (χ2n) is 7.91. The van der Waals surface area contributed by atoms with Crippen LogP contribution in [0.4, 0.5) is 4.39 Å². The largest absolute Gasteiger partial charge is 0.465 e. The monoisotopic (exact) mass is 389 g/mol. The normalized spacial score (nSPS) is 14.9. The number of rotatable bonds is 4. The summed E-state index contributed by atoms with van der Waals surface area (Å²) in [4.78, 5) is 12.6. The van der Waals surface area contributed by atoms with Crippen molar-refractivity contribution in [3.63, 3.8) is 0 Å². The lowest BCUT2D eigenvalue weighted by Gasteiger charge is -2.24. The van der Waals surface area contributed by atoms with E-state index < -0.39 is 5.41 Å². The molecule has 0 saturated heterocycles. The molecule has 1 heterocycles. The van der Waals surface area contributed by atoms with Crippen molar-refractivity contribution in [3.05, 3.63) is 77.2 Å². The van der Waals surface area contributed by atoms with Crippen LogP contribution in [0.2, 0.25) is 0 Å². The lowest BCUT2D eigenvalue weighted by atomic mass is 9.81. The molecule has 0 fully saturated rings. The molecule has 3 nitrogen and oxygen atoms in total. The number of aromatic nitrogens is 1. The molecule has 1 aromatic heterocycles. The molecule has 1 aliphatic carbocycles. The van der Waals surface area contributed by atoms with E-state index in [1.165, 1.54) is 12.1 Å². The van der Waals surface area contributed by atoms with Crippen LogP contribution in [0.25, 0.3) is 28.1 Å². The van der Waals surface area contributed by atoms with E-state index in [1.807, 2.05) is 39.1 Å². The van der Waals surface area contributed by atoms with Crippen LogP contribution in [0.15, 0.2) is 54.7 Å². The third kappa shape index (κ3) is 3.19. The number of benzene rings is 2. The fourth-order valence-electron chi connectivity index (χ4n) is 4.02. The molecule has 0 amide bonds. The number of hydrogen-bond donors (Lipinski definition) is 0. The summed E-state index contributed by atoms with van der Waals surface area (Å²) in [5.74, 6) is -0.631. The van der Waals surface area contributed by atoms with Gasteiger partial charge in [0.1, 0.15) is 5.82 Å². The first-order valence-corrected chi connectivity index (χ1v) is 9.78. The van der Waals surface area contributed by atoms with Crippen LogP contribution in [-0.4, -0.2) is 17.1 Å². The molecular weight excluding hydrogens is 365 g/mol. The van der Waals surface area contributed by atoms with Crippen LogP contribution >= 0.6 is 0 Å². The van der Waals surface area contributed by atoms with Crippen LogP contribution in [-0.2, 0) is 16.6 Å². The Kier molecular flexibility index (Phi) is 4.65. The van der Waals surface area contributed by atoms with E-state index in [9.17, 15) is 9.18 Å². The maximum Gasteiger partial charge on any atom is 0.315 e. The molecule has 148 valence electrons. The summed E-state index contributed by atoms with van der Waals surface area (Å²) in [6.07, 6.45) is 6.18. The molecule has 0 spiro atoms. The number of halogens is 1. The van der Waals surface area contributed by atoms with Crippen molar-refractivity contribution in [1.82, 2.24) is 4.57 Å². The van der Waals surface area contributed by atoms with E-state index in [0.29, 0.717) is 6.61 Å². The first kappa shape index (κ1) is 19.2. The smallest absolute Gasteiger partial charge is 0.315 e. The van der Waals surface area contributed by atoms with Gasteiger partial charge < -0.3 is 9.30 Å². The maximum atomic E-state index is 14.1. The van der Waals surface area contributed by atoms with Crippen molar-refractivity contribution < 1.29 is 13.9 Å². The topological polar surface area (TPSA) is 31.2 Å². The first-order valence-electron chi connectivity index (χ1n) is 9.78. The number of fused-ring (bicyclic) bond motifs is 2. The minimum Gasteiger partial charge on any atom is -0.465 e. The summed E-state index contributed by atoms with van der Waals surface area (Å²) >= 11 is 0. The number of ether oxygens (including phenoxy) is 1. The van der Waals surface area contributed by atoms with Gasteiger partial charge >= 0.3 is 5.97 Å². The van der Waals surface area contributed by atoms with Crippen molar-refractivity contribution in [2.24, 2.45) is 12.5 Å². The van der Waals surface area contributed by atoms with E-state index in [-0.39, 0.29) is 11.8 Å². The first-order chi connectivity index (χ1) is 13.8. The quantitative estimate of drug-likeness (QED) is 0.525. The van der Waals surface area contributed by atoms with Crippen molar-refractivity contribution in [1.29, 1.82) is 0 Å². The summed E-state index contributed by atoms with van der Waals surface area (Å²) in [6, 6.07) is 13.0. The second kappa shape index (κ2) is 7.03. The minimum atomic E-state index is -0.882. The van der Waals surface area contributed by atoms with E-state index in [4.69, 9.17) is 4.74 Å². The van der Waals surface area contributed by atoms with Crippen molar-refractivity contribution >= 4 is 34.1 Å². The van der Waals surface area contributed by atoms with E-state index in [0.717, 1.165) is 38.7 Å². The zero-order valence-corrected chi connectivity index (χ0v) is 17.1. The summed E-state index contributed by atoms with van der Waals surface area (Å²) in [6.45, 7) is 5.75. The molecule has 3 aromatic rings. The van der Waals surface area contributed by atoms with Gasteiger partial charge in [0.05, 0.1) is 12.0 Å². The van der Waals surface area contributed by atoms with Crippen LogP contribution in [0.5, 0.6) is 0 Å². The summed E-state index contributed by atoms with van der Waals surface area (Å²) in [5.41, 5.74) is 4.75. The predicted octanol–water partition coefficient (Wildman–Crippen LogP) is 5.84. The van der Waals surface area contributed by atoms with Crippen molar-refractivity contribution in [2.45, 2.75) is 20.8 Å². The Morgan fingerprint density at radius 1 is 1.17 bits per heavy atom. The Labute approximate surface area is 170 Å². The van der Waals surface area contributed by atoms with Gasteiger partial charge in [-0.25, -0.2) is 4.39 Å². The highest BCUT2D eigenvalue weighted by molar-refractivity contribution is 6.08. The highest BCUT2D eigenvalue weighted by Gasteiger charge is 2.38. The summed E-state index contributed by atoms with van der Waals surface area (Å²) < 4.78 is 21.4. The lowest BCUT2D eigenvalue weighted by molar-refractivity contribution is -0.150. The zero-order chi connectivity index (χ0) is 20.8. The van der Waals surface area contributed by atoms with Crippen LogP contribution in [0, 0.1) is 11.2 Å². The zero-order valence-electron chi connectivity index (χ0n) is 17.1. The third-order valence-corrected chi connectivity index (χ3v) is 5.58. The molecule has 4 rings (SSSR count). The number of carbonyl (C=O) groups is 1. The van der Waals surface area contributed by atoms with Gasteiger partial charge in [-0.3, -0.25) is 4.79 Å². The van der Waals surface area contributed by atoms with Gasteiger partial charge in [0.15, 0.2) is 0 Å². The average Bonchev–Trinajstić information content (AvgIpc) is 3.21. The molecule has 4 heteroatoms. The fraction of sp³-hybridized carbons (Fsp3) is 0.240. The predicted molar refractivity (Wildman–Crippen MR) is 116 cm³/mol. The Hall–Kier alpha value is -3.14. The molecular formula is C25H24FNO2. The van der Waals surface area contributed by atoms with E-state index in [1.54, 1.807) is 13.0 Å². The Morgan fingerprint density at radius 2 is 1.93 bits per heavy atom. The summed E-state index contributed by atoms with van der Waals surface area (Å²) in [5, 5.41) is 1.15.